The molecule has 3 N–H and O–H groups in total. The summed E-state index contributed by atoms with van der Waals surface area (Å²) in [7, 11) is 0. The normalized spacial score (nSPS) is 14.6. The van der Waals surface area contributed by atoms with Gasteiger partial charge in [0, 0.05) is 44.1 Å². The first-order chi connectivity index (χ1) is 14.7. The number of benzene rings is 1. The van der Waals surface area contributed by atoms with Gasteiger partial charge in [0.15, 0.2) is 0 Å². The molecule has 4 rings (SSSR count). The standard InChI is InChI=1S/C23H25N5O2/c29-20(16-28-12-9-17-5-1-2-6-19(17)15-28)14-26-23(30)18-8-11-25-22(13-18)27-21-7-3-4-10-24-21/h1-8,10-11,13,20,29H,9,12,14-16H2,(H,26,30)(H,24,25,27)/t20-/m0/s1. The minimum atomic E-state index is -0.632. The first-order valence-electron chi connectivity index (χ1n) is 10.1. The zero-order chi connectivity index (χ0) is 20.8. The van der Waals surface area contributed by atoms with E-state index in [0.717, 1.165) is 19.5 Å². The van der Waals surface area contributed by atoms with Crippen molar-refractivity contribution in [2.45, 2.75) is 19.1 Å². The van der Waals surface area contributed by atoms with E-state index in [-0.39, 0.29) is 12.5 Å². The molecule has 0 radical (unpaired) electrons. The topological polar surface area (TPSA) is 90.4 Å². The van der Waals surface area contributed by atoms with Crippen molar-refractivity contribution in [1.82, 2.24) is 20.2 Å². The Balaban J connectivity index is 1.28. The number of rotatable bonds is 7. The molecule has 1 aliphatic rings. The fourth-order valence-electron chi connectivity index (χ4n) is 3.59. The second-order valence-corrected chi connectivity index (χ2v) is 7.39. The highest BCUT2D eigenvalue weighted by atomic mass is 16.3. The number of aliphatic hydroxyl groups is 1. The van der Waals surface area contributed by atoms with Gasteiger partial charge in [-0.15, -0.1) is 0 Å². The van der Waals surface area contributed by atoms with Gasteiger partial charge in [-0.2, -0.15) is 0 Å². The molecule has 1 amide bonds. The van der Waals surface area contributed by atoms with Crippen LogP contribution in [0.1, 0.15) is 21.5 Å². The van der Waals surface area contributed by atoms with Crippen molar-refractivity contribution < 1.29 is 9.90 Å². The number of carbonyl (C=O) groups excluding carboxylic acids is 1. The van der Waals surface area contributed by atoms with Gasteiger partial charge in [-0.05, 0) is 41.8 Å². The Kier molecular flexibility index (Phi) is 6.32. The maximum absolute atomic E-state index is 12.5. The molecule has 0 fully saturated rings. The van der Waals surface area contributed by atoms with Crippen LogP contribution >= 0.6 is 0 Å². The van der Waals surface area contributed by atoms with Crippen LogP contribution in [-0.4, -0.2) is 51.6 Å². The van der Waals surface area contributed by atoms with Gasteiger partial charge in [-0.25, -0.2) is 9.97 Å². The summed E-state index contributed by atoms with van der Waals surface area (Å²) in [6.45, 7) is 2.46. The van der Waals surface area contributed by atoms with Crippen LogP contribution in [0.3, 0.4) is 0 Å². The molecule has 2 aromatic heterocycles. The minimum Gasteiger partial charge on any atom is -0.390 e. The Hall–Kier alpha value is -3.29. The van der Waals surface area contributed by atoms with Crippen LogP contribution in [0.2, 0.25) is 0 Å². The average Bonchev–Trinajstić information content (AvgIpc) is 2.78. The van der Waals surface area contributed by atoms with Crippen LogP contribution < -0.4 is 10.6 Å². The van der Waals surface area contributed by atoms with Gasteiger partial charge in [0.05, 0.1) is 6.10 Å². The third kappa shape index (κ3) is 5.20. The fraction of sp³-hybridized carbons (Fsp3) is 0.261. The molecular weight excluding hydrogens is 378 g/mol. The summed E-state index contributed by atoms with van der Waals surface area (Å²) in [4.78, 5) is 23.1. The van der Waals surface area contributed by atoms with Crippen LogP contribution in [0.4, 0.5) is 11.6 Å². The van der Waals surface area contributed by atoms with Gasteiger partial charge in [-0.3, -0.25) is 9.69 Å². The van der Waals surface area contributed by atoms with E-state index in [2.05, 4.69) is 43.7 Å². The minimum absolute atomic E-state index is 0.197. The fourth-order valence-corrected chi connectivity index (χ4v) is 3.59. The molecule has 0 spiro atoms. The van der Waals surface area contributed by atoms with Gasteiger partial charge >= 0.3 is 0 Å². The predicted octanol–water partition coefficient (Wildman–Crippen LogP) is 2.37. The molecule has 1 atom stereocenters. The summed E-state index contributed by atoms with van der Waals surface area (Å²) in [5.74, 6) is 0.944. The first kappa shape index (κ1) is 20.0. The van der Waals surface area contributed by atoms with Crippen LogP contribution in [0.25, 0.3) is 0 Å². The highest BCUT2D eigenvalue weighted by molar-refractivity contribution is 5.94. The van der Waals surface area contributed by atoms with E-state index in [1.807, 2.05) is 24.3 Å². The molecule has 0 aliphatic carbocycles. The number of hydrogen-bond acceptors (Lipinski definition) is 6. The van der Waals surface area contributed by atoms with Gasteiger partial charge in [0.2, 0.25) is 0 Å². The smallest absolute Gasteiger partial charge is 0.251 e. The van der Waals surface area contributed by atoms with Gasteiger partial charge < -0.3 is 15.7 Å². The van der Waals surface area contributed by atoms with Crippen LogP contribution in [0.15, 0.2) is 67.0 Å². The van der Waals surface area contributed by atoms with E-state index >= 15 is 0 Å². The van der Waals surface area contributed by atoms with Crippen molar-refractivity contribution in [1.29, 1.82) is 0 Å². The van der Waals surface area contributed by atoms with Crippen molar-refractivity contribution in [3.05, 3.63) is 83.7 Å². The summed E-state index contributed by atoms with van der Waals surface area (Å²) in [6.07, 6.45) is 3.61. The third-order valence-electron chi connectivity index (χ3n) is 5.12. The summed E-state index contributed by atoms with van der Waals surface area (Å²) in [5.41, 5.74) is 3.16. The maximum atomic E-state index is 12.5. The lowest BCUT2D eigenvalue weighted by molar-refractivity contribution is 0.0842. The highest BCUT2D eigenvalue weighted by Gasteiger charge is 2.19. The number of hydrogen-bond donors (Lipinski definition) is 3. The summed E-state index contributed by atoms with van der Waals surface area (Å²) >= 11 is 0. The number of nitrogens with one attached hydrogen (secondary N) is 2. The monoisotopic (exact) mass is 403 g/mol. The first-order valence-corrected chi connectivity index (χ1v) is 10.1. The molecule has 0 bridgehead atoms. The van der Waals surface area contributed by atoms with E-state index < -0.39 is 6.10 Å². The molecule has 1 aromatic carbocycles. The molecule has 7 heteroatoms. The third-order valence-corrected chi connectivity index (χ3v) is 5.12. The Morgan fingerprint density at radius 3 is 2.67 bits per heavy atom. The molecule has 3 aromatic rings. The van der Waals surface area contributed by atoms with Crippen molar-refractivity contribution in [2.24, 2.45) is 0 Å². The van der Waals surface area contributed by atoms with E-state index in [1.54, 1.807) is 24.5 Å². The molecule has 0 unspecified atom stereocenters. The van der Waals surface area contributed by atoms with Crippen molar-refractivity contribution in [3.8, 4) is 0 Å². The van der Waals surface area contributed by atoms with Crippen molar-refractivity contribution in [3.63, 3.8) is 0 Å². The second-order valence-electron chi connectivity index (χ2n) is 7.39. The van der Waals surface area contributed by atoms with Crippen LogP contribution in [0, 0.1) is 0 Å². The molecule has 154 valence electrons. The number of aliphatic hydroxyl groups excluding tert-OH is 1. The molecule has 7 nitrogen and oxygen atoms in total. The Morgan fingerprint density at radius 2 is 1.83 bits per heavy atom. The number of anilines is 2. The van der Waals surface area contributed by atoms with E-state index in [0.29, 0.717) is 23.7 Å². The molecule has 30 heavy (non-hydrogen) atoms. The maximum Gasteiger partial charge on any atom is 0.251 e. The van der Waals surface area contributed by atoms with E-state index in [4.69, 9.17) is 0 Å². The zero-order valence-corrected chi connectivity index (χ0v) is 16.7. The van der Waals surface area contributed by atoms with E-state index in [9.17, 15) is 9.90 Å². The number of β-amino-alcohol motifs (C(OH)–C–C–N with tert-alkyl or cyclic N) is 1. The molecule has 0 saturated carbocycles. The lowest BCUT2D eigenvalue weighted by Crippen LogP contribution is -2.42. The average molecular weight is 403 g/mol. The Bertz CT molecular complexity index is 996. The summed E-state index contributed by atoms with van der Waals surface area (Å²) in [6, 6.07) is 17.2. The lowest BCUT2D eigenvalue weighted by atomic mass is 10.00. The second kappa shape index (κ2) is 9.47. The molecule has 3 heterocycles. The van der Waals surface area contributed by atoms with Gasteiger partial charge in [0.1, 0.15) is 11.6 Å². The van der Waals surface area contributed by atoms with Gasteiger partial charge in [0.25, 0.3) is 5.91 Å². The number of fused-ring (bicyclic) bond motifs is 1. The summed E-state index contributed by atoms with van der Waals surface area (Å²) < 4.78 is 0. The zero-order valence-electron chi connectivity index (χ0n) is 16.7. The highest BCUT2D eigenvalue weighted by Crippen LogP contribution is 2.18. The molecule has 1 aliphatic heterocycles. The summed E-state index contributed by atoms with van der Waals surface area (Å²) in [5, 5.41) is 16.3. The largest absolute Gasteiger partial charge is 0.390 e. The SMILES string of the molecule is O=C(NC[C@H](O)CN1CCc2ccccc2C1)c1ccnc(Nc2ccccn2)c1. The Morgan fingerprint density at radius 1 is 1.03 bits per heavy atom. The number of amides is 1. The van der Waals surface area contributed by atoms with Gasteiger partial charge in [-0.1, -0.05) is 30.3 Å². The molecular formula is C23H25N5O2. The van der Waals surface area contributed by atoms with E-state index in [1.165, 1.54) is 11.1 Å². The Labute approximate surface area is 175 Å². The lowest BCUT2D eigenvalue weighted by Gasteiger charge is -2.30. The number of pyridine rings is 2. The predicted molar refractivity (Wildman–Crippen MR) is 116 cm³/mol. The van der Waals surface area contributed by atoms with Crippen molar-refractivity contribution >= 4 is 17.5 Å². The van der Waals surface area contributed by atoms with Crippen molar-refractivity contribution in [2.75, 3.05) is 25.0 Å². The number of aromatic nitrogens is 2. The number of nitrogens with zero attached hydrogens (tertiary/aromatic N) is 3. The quantitative estimate of drug-likeness (QED) is 0.561. The molecule has 0 saturated heterocycles. The number of carbonyl (C=O) groups is 1. The van der Waals surface area contributed by atoms with Crippen LogP contribution in [-0.2, 0) is 13.0 Å². The van der Waals surface area contributed by atoms with Crippen LogP contribution in [0.5, 0.6) is 0 Å².